The second-order valence-electron chi connectivity index (χ2n) is 10.8. The lowest BCUT2D eigenvalue weighted by Crippen LogP contribution is -2.65. The predicted molar refractivity (Wildman–Crippen MR) is 148 cm³/mol. The monoisotopic (exact) mass is 570 g/mol. The van der Waals surface area contributed by atoms with Crippen LogP contribution in [0.4, 0.5) is 16.2 Å². The molecule has 7 N–H and O–H groups in total. The van der Waals surface area contributed by atoms with E-state index < -0.39 is 69.9 Å². The van der Waals surface area contributed by atoms with E-state index in [1.165, 1.54) is 25.1 Å². The van der Waals surface area contributed by atoms with Gasteiger partial charge in [-0.25, -0.2) is 4.79 Å². The van der Waals surface area contributed by atoms with Crippen molar-refractivity contribution in [3.05, 3.63) is 46.8 Å². The number of nitrogens with one attached hydrogen (secondary N) is 1. The second-order valence-corrected chi connectivity index (χ2v) is 10.8. The van der Waals surface area contributed by atoms with E-state index in [4.69, 9.17) is 10.5 Å². The summed E-state index contributed by atoms with van der Waals surface area (Å²) in [5.41, 5.74) is 2.17. The SMILES string of the molecule is C=CCCOC(=O)Nc1cc(N(C)C)c2c(c1O)C(O)=C1C(=O)C3(O)C(O)=C(C(N)=O)C(=O)C(N(C)C)C3CC1C2. The summed E-state index contributed by atoms with van der Waals surface area (Å²) in [6, 6.07) is 0.329. The number of hydrogen-bond donors (Lipinski definition) is 6. The van der Waals surface area contributed by atoms with Crippen LogP contribution >= 0.6 is 0 Å². The number of benzene rings is 1. The van der Waals surface area contributed by atoms with Crippen molar-refractivity contribution < 1.29 is 44.3 Å². The summed E-state index contributed by atoms with van der Waals surface area (Å²) < 4.78 is 5.06. The molecular formula is C28H34N4O9. The van der Waals surface area contributed by atoms with Gasteiger partial charge in [0, 0.05) is 31.3 Å². The molecule has 1 aromatic rings. The van der Waals surface area contributed by atoms with Crippen molar-refractivity contribution in [3.63, 3.8) is 0 Å². The van der Waals surface area contributed by atoms with Gasteiger partial charge in [0.1, 0.15) is 17.1 Å². The lowest BCUT2D eigenvalue weighted by molar-refractivity contribution is -0.153. The number of rotatable bonds is 7. The Hall–Kier alpha value is -4.36. The van der Waals surface area contributed by atoms with Crippen molar-refractivity contribution in [1.82, 2.24) is 4.90 Å². The molecule has 0 aliphatic heterocycles. The Morgan fingerprint density at radius 2 is 1.88 bits per heavy atom. The number of phenolic OH excluding ortho intramolecular Hbond substituents is 1. The van der Waals surface area contributed by atoms with E-state index in [-0.39, 0.29) is 36.3 Å². The number of carbonyl (C=O) groups excluding carboxylic acids is 4. The topological polar surface area (TPSA) is 203 Å². The van der Waals surface area contributed by atoms with E-state index in [1.807, 2.05) is 0 Å². The number of nitrogens with zero attached hydrogens (tertiary/aromatic N) is 2. The van der Waals surface area contributed by atoms with Crippen LogP contribution in [0.5, 0.6) is 5.75 Å². The minimum Gasteiger partial charge on any atom is -0.508 e. The number of ketones is 2. The van der Waals surface area contributed by atoms with E-state index in [0.29, 0.717) is 17.7 Å². The lowest BCUT2D eigenvalue weighted by atomic mass is 9.57. The number of ether oxygens (including phenoxy) is 1. The Bertz CT molecular complexity index is 1430. The summed E-state index contributed by atoms with van der Waals surface area (Å²) in [6.45, 7) is 3.60. The zero-order valence-electron chi connectivity index (χ0n) is 23.2. The first-order valence-corrected chi connectivity index (χ1v) is 12.9. The van der Waals surface area contributed by atoms with Gasteiger partial charge in [-0.05, 0) is 50.9 Å². The van der Waals surface area contributed by atoms with Crippen LogP contribution in [0.3, 0.4) is 0 Å². The van der Waals surface area contributed by atoms with E-state index in [9.17, 15) is 39.6 Å². The van der Waals surface area contributed by atoms with Crippen molar-refractivity contribution in [1.29, 1.82) is 0 Å². The quantitative estimate of drug-likeness (QED) is 0.119. The number of aliphatic hydroxyl groups excluding tert-OH is 2. The van der Waals surface area contributed by atoms with Crippen LogP contribution in [0, 0.1) is 11.8 Å². The van der Waals surface area contributed by atoms with Gasteiger partial charge in [0.05, 0.1) is 23.9 Å². The Kier molecular flexibility index (Phi) is 7.63. The molecule has 1 saturated carbocycles. The average molecular weight is 571 g/mol. The van der Waals surface area contributed by atoms with Crippen LogP contribution in [-0.2, 0) is 25.5 Å². The molecule has 0 radical (unpaired) electrons. The number of carbonyl (C=O) groups is 4. The van der Waals surface area contributed by atoms with Crippen LogP contribution in [0.2, 0.25) is 0 Å². The van der Waals surface area contributed by atoms with Gasteiger partial charge in [0.15, 0.2) is 17.1 Å². The second kappa shape index (κ2) is 10.6. The van der Waals surface area contributed by atoms with E-state index in [0.717, 1.165) is 0 Å². The molecule has 4 rings (SSSR count). The van der Waals surface area contributed by atoms with Gasteiger partial charge >= 0.3 is 6.09 Å². The van der Waals surface area contributed by atoms with Gasteiger partial charge in [-0.3, -0.25) is 24.6 Å². The van der Waals surface area contributed by atoms with Gasteiger partial charge in [0.2, 0.25) is 5.78 Å². The number of phenols is 1. The number of nitrogens with two attached hydrogens (primary N) is 1. The van der Waals surface area contributed by atoms with Crippen molar-refractivity contribution in [2.24, 2.45) is 17.6 Å². The van der Waals surface area contributed by atoms with Gasteiger partial charge in [-0.2, -0.15) is 0 Å². The maximum Gasteiger partial charge on any atom is 0.411 e. The summed E-state index contributed by atoms with van der Waals surface area (Å²) in [4.78, 5) is 54.8. The molecule has 1 fully saturated rings. The van der Waals surface area contributed by atoms with Crippen LogP contribution in [-0.4, -0.2) is 95.3 Å². The molecule has 0 heterocycles. The number of aliphatic hydroxyl groups is 3. The first kappa shape index (κ1) is 29.6. The van der Waals surface area contributed by atoms with Crippen LogP contribution in [0.15, 0.2) is 35.6 Å². The Balaban J connectivity index is 1.90. The highest BCUT2D eigenvalue weighted by Crippen LogP contribution is 2.54. The van der Waals surface area contributed by atoms with E-state index >= 15 is 0 Å². The van der Waals surface area contributed by atoms with Crippen molar-refractivity contribution in [2.45, 2.75) is 30.9 Å². The smallest absolute Gasteiger partial charge is 0.411 e. The minimum absolute atomic E-state index is 0.0327. The number of hydrogen-bond acceptors (Lipinski definition) is 11. The van der Waals surface area contributed by atoms with Crippen LogP contribution in [0.25, 0.3) is 5.76 Å². The first-order chi connectivity index (χ1) is 19.2. The molecule has 3 aliphatic rings. The molecular weight excluding hydrogens is 536 g/mol. The third-order valence-corrected chi connectivity index (χ3v) is 7.97. The van der Waals surface area contributed by atoms with Gasteiger partial charge in [-0.15, -0.1) is 6.58 Å². The molecule has 0 saturated heterocycles. The number of amides is 2. The Morgan fingerprint density at radius 3 is 2.44 bits per heavy atom. The third kappa shape index (κ3) is 4.50. The highest BCUT2D eigenvalue weighted by Gasteiger charge is 2.64. The van der Waals surface area contributed by atoms with Crippen LogP contribution in [0.1, 0.15) is 24.0 Å². The molecule has 13 nitrogen and oxygen atoms in total. The minimum atomic E-state index is -2.74. The number of primary amides is 1. The van der Waals surface area contributed by atoms with Crippen molar-refractivity contribution >= 4 is 40.7 Å². The molecule has 220 valence electrons. The third-order valence-electron chi connectivity index (χ3n) is 7.97. The average Bonchev–Trinajstić information content (AvgIpc) is 2.87. The van der Waals surface area contributed by atoms with Gasteiger partial charge in [-0.1, -0.05) is 6.08 Å². The summed E-state index contributed by atoms with van der Waals surface area (Å²) >= 11 is 0. The normalized spacial score (nSPS) is 25.4. The fourth-order valence-corrected chi connectivity index (χ4v) is 6.17. The van der Waals surface area contributed by atoms with Crippen molar-refractivity contribution in [2.75, 3.05) is 45.0 Å². The maximum atomic E-state index is 14.0. The summed E-state index contributed by atoms with van der Waals surface area (Å²) in [5, 5.41) is 47.8. The predicted octanol–water partition coefficient (Wildman–Crippen LogP) is 1.15. The van der Waals surface area contributed by atoms with Crippen molar-refractivity contribution in [3.8, 4) is 5.75 Å². The van der Waals surface area contributed by atoms with E-state index in [2.05, 4.69) is 11.9 Å². The molecule has 3 aliphatic carbocycles. The molecule has 0 bridgehead atoms. The number of fused-ring (bicyclic) bond motifs is 3. The standard InChI is InChI=1S/C28H34N4O9/c1-6-7-8-41-27(39)30-15-11-16(31(2)3)13-9-12-10-14-20(32(4)5)23(35)19(26(29)38)25(37)28(14,40)24(36)17(12)22(34)18(13)21(15)33/h6,11-12,14,20,33-34,37,40H,1,7-10H2,2-5H3,(H2,29,38)(H,30,39). The molecule has 41 heavy (non-hydrogen) atoms. The number of Topliss-reactive ketones (excluding diaryl/α,β-unsaturated/α-hetero) is 2. The number of anilines is 2. The highest BCUT2D eigenvalue weighted by molar-refractivity contribution is 6.24. The van der Waals surface area contributed by atoms with Gasteiger partial charge < -0.3 is 35.8 Å². The van der Waals surface area contributed by atoms with E-state index in [1.54, 1.807) is 25.1 Å². The molecule has 2 amide bonds. The van der Waals surface area contributed by atoms with Gasteiger partial charge in [0.25, 0.3) is 5.91 Å². The lowest BCUT2D eigenvalue weighted by Gasteiger charge is -2.50. The molecule has 4 unspecified atom stereocenters. The Morgan fingerprint density at radius 1 is 1.22 bits per heavy atom. The fourth-order valence-electron chi connectivity index (χ4n) is 6.17. The maximum absolute atomic E-state index is 14.0. The summed E-state index contributed by atoms with van der Waals surface area (Å²) in [5.74, 6) is -7.52. The molecule has 0 spiro atoms. The molecule has 1 aromatic carbocycles. The first-order valence-electron chi connectivity index (χ1n) is 12.9. The summed E-state index contributed by atoms with van der Waals surface area (Å²) in [6.07, 6.45) is 1.19. The number of likely N-dealkylation sites (N-methyl/N-ethyl adjacent to an activating group) is 1. The number of aromatic hydroxyl groups is 1. The molecule has 13 heteroatoms. The molecule has 4 atom stereocenters. The zero-order valence-corrected chi connectivity index (χ0v) is 23.2. The summed E-state index contributed by atoms with van der Waals surface area (Å²) in [7, 11) is 6.51. The zero-order chi connectivity index (χ0) is 30.5. The largest absolute Gasteiger partial charge is 0.508 e. The molecule has 0 aromatic heterocycles. The highest BCUT2D eigenvalue weighted by atomic mass is 16.5. The van der Waals surface area contributed by atoms with Crippen LogP contribution < -0.4 is 16.0 Å². The fraction of sp³-hybridized carbons (Fsp3) is 0.429. The Labute approximate surface area is 236 Å².